The number of hydrogen-bond donors (Lipinski definition) is 0. The number of likely N-dealkylation sites (tertiary alicyclic amines) is 1. The minimum absolute atomic E-state index is 0.387. The number of rotatable bonds is 4. The number of ketones is 1. The Morgan fingerprint density at radius 3 is 2.62 bits per heavy atom. The molecule has 0 spiro atoms. The molecule has 1 aromatic rings. The fourth-order valence-corrected chi connectivity index (χ4v) is 2.34. The van der Waals surface area contributed by atoms with Crippen molar-refractivity contribution in [1.29, 1.82) is 5.26 Å². The molecular weight excluding hydrogens is 268 g/mol. The van der Waals surface area contributed by atoms with Crippen LogP contribution in [0.3, 0.4) is 0 Å². The largest absolute Gasteiger partial charge is 0.462 e. The van der Waals surface area contributed by atoms with E-state index in [0.717, 1.165) is 25.0 Å². The zero-order valence-electron chi connectivity index (χ0n) is 12.0. The molecule has 1 aromatic heterocycles. The van der Waals surface area contributed by atoms with E-state index in [1.54, 1.807) is 24.0 Å². The highest BCUT2D eigenvalue weighted by Crippen LogP contribution is 2.14. The van der Waals surface area contributed by atoms with Gasteiger partial charge in [0.05, 0.1) is 6.07 Å². The van der Waals surface area contributed by atoms with Gasteiger partial charge in [0.1, 0.15) is 11.5 Å². The predicted octanol–water partition coefficient (Wildman–Crippen LogP) is 2.32. The first kappa shape index (κ1) is 15.0. The van der Waals surface area contributed by atoms with Crippen molar-refractivity contribution in [2.75, 3.05) is 13.1 Å². The summed E-state index contributed by atoms with van der Waals surface area (Å²) in [7, 11) is 0. The molecule has 1 saturated heterocycles. The average Bonchev–Trinajstić information content (AvgIpc) is 2.92. The van der Waals surface area contributed by atoms with E-state index >= 15 is 0 Å². The smallest absolute Gasteiger partial charge is 0.247 e. The molecule has 2 rings (SSSR count). The molecule has 110 valence electrons. The summed E-state index contributed by atoms with van der Waals surface area (Å²) >= 11 is 0. The van der Waals surface area contributed by atoms with Gasteiger partial charge in [0.2, 0.25) is 5.91 Å². The van der Waals surface area contributed by atoms with E-state index in [1.807, 2.05) is 6.07 Å². The zero-order chi connectivity index (χ0) is 15.2. The van der Waals surface area contributed by atoms with Gasteiger partial charge in [0.25, 0.3) is 0 Å². The Balaban J connectivity index is 2.02. The van der Waals surface area contributed by atoms with Crippen molar-refractivity contribution in [1.82, 2.24) is 4.90 Å². The minimum atomic E-state index is -1.25. The van der Waals surface area contributed by atoms with Gasteiger partial charge in [-0.05, 0) is 50.5 Å². The Morgan fingerprint density at radius 2 is 2.05 bits per heavy atom. The summed E-state index contributed by atoms with van der Waals surface area (Å²) in [5, 5.41) is 9.12. The monoisotopic (exact) mass is 286 g/mol. The van der Waals surface area contributed by atoms with Gasteiger partial charge in [-0.2, -0.15) is 5.26 Å². The fourth-order valence-electron chi connectivity index (χ4n) is 2.34. The number of allylic oxidation sites excluding steroid dienone is 1. The number of amides is 1. The normalized spacial score (nSPS) is 16.7. The Labute approximate surface area is 123 Å². The van der Waals surface area contributed by atoms with E-state index < -0.39 is 11.7 Å². The maximum absolute atomic E-state index is 12.2. The van der Waals surface area contributed by atoms with Gasteiger partial charge < -0.3 is 9.32 Å². The third-order valence-corrected chi connectivity index (χ3v) is 3.50. The molecule has 0 aromatic carbocycles. The molecular formula is C16H18N2O3. The van der Waals surface area contributed by atoms with Crippen LogP contribution in [0.15, 0.2) is 22.6 Å². The standard InChI is InChI=1S/C16H18N2O3/c1-12-5-6-13(21-12)7-8-15(19)14(11-17)16(20)18-9-3-2-4-10-18/h5-8,14H,2-4,9-10H2,1H3. The summed E-state index contributed by atoms with van der Waals surface area (Å²) in [6.45, 7) is 3.06. The van der Waals surface area contributed by atoms with Crippen LogP contribution in [0.5, 0.6) is 0 Å². The van der Waals surface area contributed by atoms with Crippen LogP contribution in [0.1, 0.15) is 30.8 Å². The first-order valence-electron chi connectivity index (χ1n) is 7.08. The van der Waals surface area contributed by atoms with Gasteiger partial charge in [-0.15, -0.1) is 0 Å². The summed E-state index contributed by atoms with van der Waals surface area (Å²) in [6.07, 6.45) is 5.68. The Bertz CT molecular complexity index is 589. The molecule has 1 amide bonds. The second-order valence-corrected chi connectivity index (χ2v) is 5.13. The summed E-state index contributed by atoms with van der Waals surface area (Å²) in [4.78, 5) is 25.9. The molecule has 0 bridgehead atoms. The lowest BCUT2D eigenvalue weighted by Crippen LogP contribution is -2.41. The molecule has 1 fully saturated rings. The number of furan rings is 1. The molecule has 5 heteroatoms. The van der Waals surface area contributed by atoms with Gasteiger partial charge in [0.15, 0.2) is 11.7 Å². The lowest BCUT2D eigenvalue weighted by molar-refractivity contribution is -0.138. The van der Waals surface area contributed by atoms with Gasteiger partial charge in [-0.3, -0.25) is 9.59 Å². The van der Waals surface area contributed by atoms with E-state index in [9.17, 15) is 9.59 Å². The summed E-state index contributed by atoms with van der Waals surface area (Å²) in [6, 6.07) is 5.33. The Morgan fingerprint density at radius 1 is 1.33 bits per heavy atom. The number of hydrogen-bond acceptors (Lipinski definition) is 4. The van der Waals surface area contributed by atoms with Crippen molar-refractivity contribution < 1.29 is 14.0 Å². The summed E-state index contributed by atoms with van der Waals surface area (Å²) in [5.74, 6) is -0.869. The van der Waals surface area contributed by atoms with Crippen LogP contribution in [0.4, 0.5) is 0 Å². The lowest BCUT2D eigenvalue weighted by atomic mass is 10.0. The number of carbonyl (C=O) groups is 2. The highest BCUT2D eigenvalue weighted by molar-refractivity contribution is 6.10. The van der Waals surface area contributed by atoms with Crippen LogP contribution in [-0.2, 0) is 9.59 Å². The number of aryl methyl sites for hydroxylation is 1. The quantitative estimate of drug-likeness (QED) is 0.629. The van der Waals surface area contributed by atoms with Crippen molar-refractivity contribution in [2.24, 2.45) is 5.92 Å². The molecule has 21 heavy (non-hydrogen) atoms. The summed E-state index contributed by atoms with van der Waals surface area (Å²) < 4.78 is 5.31. The zero-order valence-corrected chi connectivity index (χ0v) is 12.0. The number of nitrogens with zero attached hydrogens (tertiary/aromatic N) is 2. The Kier molecular flexibility index (Phi) is 4.94. The molecule has 5 nitrogen and oxygen atoms in total. The van der Waals surface area contributed by atoms with Crippen molar-refractivity contribution in [3.05, 3.63) is 29.7 Å². The minimum Gasteiger partial charge on any atom is -0.462 e. The maximum atomic E-state index is 12.2. The van der Waals surface area contributed by atoms with Gasteiger partial charge in [-0.1, -0.05) is 0 Å². The van der Waals surface area contributed by atoms with Crippen molar-refractivity contribution in [3.8, 4) is 6.07 Å². The molecule has 0 N–H and O–H groups in total. The fraction of sp³-hybridized carbons (Fsp3) is 0.438. The SMILES string of the molecule is Cc1ccc(C=CC(=O)C(C#N)C(=O)N2CCCCC2)o1. The third kappa shape index (κ3) is 3.82. The van der Waals surface area contributed by atoms with Crippen molar-refractivity contribution in [2.45, 2.75) is 26.2 Å². The maximum Gasteiger partial charge on any atom is 0.247 e. The van der Waals surface area contributed by atoms with Crippen molar-refractivity contribution in [3.63, 3.8) is 0 Å². The highest BCUT2D eigenvalue weighted by atomic mass is 16.3. The molecule has 0 aliphatic carbocycles. The Hall–Kier alpha value is -2.35. The van der Waals surface area contributed by atoms with E-state index in [2.05, 4.69) is 0 Å². The van der Waals surface area contributed by atoms with Crippen LogP contribution in [0, 0.1) is 24.2 Å². The third-order valence-electron chi connectivity index (χ3n) is 3.50. The lowest BCUT2D eigenvalue weighted by Gasteiger charge is -2.27. The number of piperidine rings is 1. The van der Waals surface area contributed by atoms with Gasteiger partial charge >= 0.3 is 0 Å². The van der Waals surface area contributed by atoms with E-state index in [1.165, 1.54) is 12.2 Å². The topological polar surface area (TPSA) is 74.3 Å². The summed E-state index contributed by atoms with van der Waals surface area (Å²) in [5.41, 5.74) is 0. The molecule has 2 heterocycles. The molecule has 1 aliphatic rings. The van der Waals surface area contributed by atoms with E-state index in [4.69, 9.17) is 9.68 Å². The average molecular weight is 286 g/mol. The molecule has 0 saturated carbocycles. The first-order valence-corrected chi connectivity index (χ1v) is 7.08. The van der Waals surface area contributed by atoms with Crippen LogP contribution in [0.2, 0.25) is 0 Å². The first-order chi connectivity index (χ1) is 10.1. The highest BCUT2D eigenvalue weighted by Gasteiger charge is 2.29. The second kappa shape index (κ2) is 6.89. The molecule has 1 unspecified atom stereocenters. The van der Waals surface area contributed by atoms with Crippen LogP contribution >= 0.6 is 0 Å². The predicted molar refractivity (Wildman–Crippen MR) is 77.0 cm³/mol. The van der Waals surface area contributed by atoms with Crippen LogP contribution in [0.25, 0.3) is 6.08 Å². The van der Waals surface area contributed by atoms with E-state index in [-0.39, 0.29) is 5.91 Å². The molecule has 1 atom stereocenters. The van der Waals surface area contributed by atoms with Crippen molar-refractivity contribution >= 4 is 17.8 Å². The second-order valence-electron chi connectivity index (χ2n) is 5.13. The van der Waals surface area contributed by atoms with Crippen LogP contribution < -0.4 is 0 Å². The molecule has 1 aliphatic heterocycles. The molecule has 0 radical (unpaired) electrons. The number of nitriles is 1. The van der Waals surface area contributed by atoms with E-state index in [0.29, 0.717) is 18.8 Å². The van der Waals surface area contributed by atoms with Gasteiger partial charge in [0, 0.05) is 13.1 Å². The van der Waals surface area contributed by atoms with Gasteiger partial charge in [-0.25, -0.2) is 0 Å². The number of carbonyl (C=O) groups excluding carboxylic acids is 2. The van der Waals surface area contributed by atoms with Crippen LogP contribution in [-0.4, -0.2) is 29.7 Å².